The van der Waals surface area contributed by atoms with E-state index in [0.717, 1.165) is 19.5 Å². The predicted octanol–water partition coefficient (Wildman–Crippen LogP) is 3.03. The van der Waals surface area contributed by atoms with Crippen LogP contribution in [0.5, 0.6) is 0 Å². The first-order valence-corrected chi connectivity index (χ1v) is 6.80. The average molecular weight is 237 g/mol. The van der Waals surface area contributed by atoms with E-state index in [1.54, 1.807) is 0 Å². The number of nitrogens with zero attached hydrogens (tertiary/aromatic N) is 2. The number of aromatic nitrogens is 2. The fraction of sp³-hybridized carbons (Fsp3) is 0.786. The number of rotatable bonds is 7. The molecule has 0 aromatic carbocycles. The summed E-state index contributed by atoms with van der Waals surface area (Å²) < 4.78 is 2.05. The Hall–Kier alpha value is -0.830. The van der Waals surface area contributed by atoms with Gasteiger partial charge in [-0.05, 0) is 30.4 Å². The van der Waals surface area contributed by atoms with Crippen LogP contribution in [0.2, 0.25) is 0 Å². The Labute approximate surface area is 106 Å². The van der Waals surface area contributed by atoms with Crippen molar-refractivity contribution < 1.29 is 0 Å². The van der Waals surface area contributed by atoms with Crippen LogP contribution in [0.4, 0.5) is 0 Å². The quantitative estimate of drug-likeness (QED) is 0.790. The van der Waals surface area contributed by atoms with Crippen LogP contribution < -0.4 is 5.32 Å². The van der Waals surface area contributed by atoms with Crippen molar-refractivity contribution in [2.45, 2.75) is 59.5 Å². The molecule has 2 atom stereocenters. The van der Waals surface area contributed by atoms with Crippen LogP contribution in [-0.2, 0) is 6.54 Å². The summed E-state index contributed by atoms with van der Waals surface area (Å²) in [5.41, 5.74) is 1.36. The molecule has 0 saturated carbocycles. The summed E-state index contributed by atoms with van der Waals surface area (Å²) >= 11 is 0. The average Bonchev–Trinajstić information content (AvgIpc) is 2.74. The van der Waals surface area contributed by atoms with E-state index < -0.39 is 0 Å². The number of hydrogen-bond acceptors (Lipinski definition) is 2. The van der Waals surface area contributed by atoms with Crippen LogP contribution in [0.1, 0.15) is 52.5 Å². The van der Waals surface area contributed by atoms with Gasteiger partial charge in [-0.3, -0.25) is 4.68 Å². The molecule has 0 aliphatic rings. The Morgan fingerprint density at radius 3 is 2.59 bits per heavy atom. The standard InChI is InChI=1S/C14H27N3/c1-6-7-17-10-14(9-16-17)13(5)12(4)8-15-11(2)3/h9-13,15H,6-8H2,1-5H3. The molecule has 0 spiro atoms. The lowest BCUT2D eigenvalue weighted by Gasteiger charge is -2.20. The second-order valence-electron chi connectivity index (χ2n) is 5.37. The molecule has 0 fully saturated rings. The lowest BCUT2D eigenvalue weighted by molar-refractivity contribution is 0.426. The van der Waals surface area contributed by atoms with Crippen LogP contribution in [0.15, 0.2) is 12.4 Å². The first kappa shape index (κ1) is 14.2. The Kier molecular flexibility index (Phi) is 5.69. The maximum Gasteiger partial charge on any atom is 0.0524 e. The van der Waals surface area contributed by atoms with Gasteiger partial charge in [0.05, 0.1) is 6.20 Å². The third-order valence-corrected chi connectivity index (χ3v) is 3.33. The maximum atomic E-state index is 4.40. The van der Waals surface area contributed by atoms with Gasteiger partial charge in [-0.2, -0.15) is 5.10 Å². The molecule has 1 rings (SSSR count). The summed E-state index contributed by atoms with van der Waals surface area (Å²) in [4.78, 5) is 0. The van der Waals surface area contributed by atoms with Gasteiger partial charge in [-0.25, -0.2) is 0 Å². The third-order valence-electron chi connectivity index (χ3n) is 3.33. The zero-order chi connectivity index (χ0) is 12.8. The monoisotopic (exact) mass is 237 g/mol. The molecule has 3 nitrogen and oxygen atoms in total. The summed E-state index contributed by atoms with van der Waals surface area (Å²) in [5.74, 6) is 1.20. The SMILES string of the molecule is CCCn1cc(C(C)C(C)CNC(C)C)cn1. The molecular weight excluding hydrogens is 210 g/mol. The zero-order valence-electron chi connectivity index (χ0n) is 11.9. The highest BCUT2D eigenvalue weighted by Crippen LogP contribution is 2.23. The van der Waals surface area contributed by atoms with Gasteiger partial charge in [-0.15, -0.1) is 0 Å². The molecule has 0 radical (unpaired) electrons. The van der Waals surface area contributed by atoms with E-state index in [1.165, 1.54) is 5.56 Å². The molecule has 0 aliphatic carbocycles. The molecule has 1 N–H and O–H groups in total. The van der Waals surface area contributed by atoms with Crippen molar-refractivity contribution in [1.29, 1.82) is 0 Å². The summed E-state index contributed by atoms with van der Waals surface area (Å²) in [6.45, 7) is 13.2. The van der Waals surface area contributed by atoms with Crippen LogP contribution in [0.25, 0.3) is 0 Å². The highest BCUT2D eigenvalue weighted by Gasteiger charge is 2.16. The highest BCUT2D eigenvalue weighted by molar-refractivity contribution is 5.11. The highest BCUT2D eigenvalue weighted by atomic mass is 15.3. The van der Waals surface area contributed by atoms with Crippen molar-refractivity contribution in [2.24, 2.45) is 5.92 Å². The molecule has 0 saturated heterocycles. The van der Waals surface area contributed by atoms with E-state index in [2.05, 4.69) is 55.9 Å². The van der Waals surface area contributed by atoms with Crippen molar-refractivity contribution in [2.75, 3.05) is 6.54 Å². The first-order valence-electron chi connectivity index (χ1n) is 6.80. The molecule has 1 aromatic rings. The van der Waals surface area contributed by atoms with Gasteiger partial charge in [0.1, 0.15) is 0 Å². The minimum absolute atomic E-state index is 0.562. The Bertz CT molecular complexity index is 317. The molecule has 3 heteroatoms. The lowest BCUT2D eigenvalue weighted by atomic mass is 9.91. The molecule has 2 unspecified atom stereocenters. The predicted molar refractivity (Wildman–Crippen MR) is 73.2 cm³/mol. The maximum absolute atomic E-state index is 4.40. The molecule has 98 valence electrons. The summed E-state index contributed by atoms with van der Waals surface area (Å²) in [7, 11) is 0. The Balaban J connectivity index is 2.52. The normalized spacial score (nSPS) is 15.2. The van der Waals surface area contributed by atoms with E-state index in [1.807, 2.05) is 6.20 Å². The van der Waals surface area contributed by atoms with Crippen LogP contribution in [0, 0.1) is 5.92 Å². The minimum atomic E-state index is 0.562. The molecule has 1 aromatic heterocycles. The second kappa shape index (κ2) is 6.80. The van der Waals surface area contributed by atoms with Crippen molar-refractivity contribution in [3.8, 4) is 0 Å². The van der Waals surface area contributed by atoms with Gasteiger partial charge in [0.15, 0.2) is 0 Å². The van der Waals surface area contributed by atoms with Gasteiger partial charge < -0.3 is 5.32 Å². The number of hydrogen-bond donors (Lipinski definition) is 1. The second-order valence-corrected chi connectivity index (χ2v) is 5.37. The largest absolute Gasteiger partial charge is 0.314 e. The molecule has 1 heterocycles. The van der Waals surface area contributed by atoms with Crippen LogP contribution >= 0.6 is 0 Å². The molecule has 17 heavy (non-hydrogen) atoms. The fourth-order valence-corrected chi connectivity index (χ4v) is 1.89. The van der Waals surface area contributed by atoms with Gasteiger partial charge in [-0.1, -0.05) is 34.6 Å². The van der Waals surface area contributed by atoms with E-state index in [0.29, 0.717) is 17.9 Å². The van der Waals surface area contributed by atoms with Crippen molar-refractivity contribution in [1.82, 2.24) is 15.1 Å². The summed E-state index contributed by atoms with van der Waals surface area (Å²) in [5, 5.41) is 7.90. The lowest BCUT2D eigenvalue weighted by Crippen LogP contribution is -2.29. The molecule has 0 aliphatic heterocycles. The Morgan fingerprint density at radius 2 is 2.00 bits per heavy atom. The van der Waals surface area contributed by atoms with E-state index in [-0.39, 0.29) is 0 Å². The Morgan fingerprint density at radius 1 is 1.29 bits per heavy atom. The minimum Gasteiger partial charge on any atom is -0.314 e. The van der Waals surface area contributed by atoms with Crippen LogP contribution in [-0.4, -0.2) is 22.4 Å². The van der Waals surface area contributed by atoms with Gasteiger partial charge >= 0.3 is 0 Å². The smallest absolute Gasteiger partial charge is 0.0524 e. The molecular formula is C14H27N3. The fourth-order valence-electron chi connectivity index (χ4n) is 1.89. The van der Waals surface area contributed by atoms with Crippen molar-refractivity contribution in [3.05, 3.63) is 18.0 Å². The van der Waals surface area contributed by atoms with E-state index in [4.69, 9.17) is 0 Å². The first-order chi connectivity index (χ1) is 8.04. The number of nitrogens with one attached hydrogen (secondary N) is 1. The molecule has 0 amide bonds. The van der Waals surface area contributed by atoms with Gasteiger partial charge in [0.25, 0.3) is 0 Å². The van der Waals surface area contributed by atoms with E-state index in [9.17, 15) is 0 Å². The number of aryl methyl sites for hydroxylation is 1. The van der Waals surface area contributed by atoms with Gasteiger partial charge in [0, 0.05) is 18.8 Å². The van der Waals surface area contributed by atoms with Crippen molar-refractivity contribution in [3.63, 3.8) is 0 Å². The van der Waals surface area contributed by atoms with Crippen LogP contribution in [0.3, 0.4) is 0 Å². The topological polar surface area (TPSA) is 29.9 Å². The third kappa shape index (κ3) is 4.50. The zero-order valence-corrected chi connectivity index (χ0v) is 11.9. The molecule has 0 bridgehead atoms. The van der Waals surface area contributed by atoms with E-state index >= 15 is 0 Å². The summed E-state index contributed by atoms with van der Waals surface area (Å²) in [6.07, 6.45) is 5.35. The van der Waals surface area contributed by atoms with Crippen molar-refractivity contribution >= 4 is 0 Å². The summed E-state index contributed by atoms with van der Waals surface area (Å²) in [6, 6.07) is 0.562. The van der Waals surface area contributed by atoms with Gasteiger partial charge in [0.2, 0.25) is 0 Å².